The summed E-state index contributed by atoms with van der Waals surface area (Å²) in [6, 6.07) is 48.8. The molecule has 9 aromatic rings. The highest BCUT2D eigenvalue weighted by Crippen LogP contribution is 2.50. The minimum atomic E-state index is -1.98. The minimum Gasteiger partial charge on any atom is -0.377 e. The molecule has 0 bridgehead atoms. The number of hydrogen-bond donors (Lipinski definition) is 0. The highest BCUT2D eigenvalue weighted by atomic mass is 32.1. The van der Waals surface area contributed by atoms with Gasteiger partial charge in [-0.25, -0.2) is 0 Å². The Kier molecular flexibility index (Phi) is 4.39. The second kappa shape index (κ2) is 8.24. The Morgan fingerprint density at radius 1 is 0.617 bits per heavy atom. The zero-order chi connectivity index (χ0) is 30.8. The van der Waals surface area contributed by atoms with Gasteiger partial charge in [0.05, 0.1) is 11.0 Å². The van der Waals surface area contributed by atoms with Gasteiger partial charge in [0.2, 0.25) is 0 Å². The zero-order valence-corrected chi connectivity index (χ0v) is 27.8. The lowest BCUT2D eigenvalue weighted by atomic mass is 9.44. The van der Waals surface area contributed by atoms with Gasteiger partial charge in [0, 0.05) is 59.1 Å². The molecule has 0 spiro atoms. The normalized spacial score (nSPS) is 15.1. The van der Waals surface area contributed by atoms with E-state index in [-0.39, 0.29) is 6.85 Å². The first-order valence-electron chi connectivity index (χ1n) is 16.6. The molecule has 0 saturated heterocycles. The fourth-order valence-corrected chi connectivity index (χ4v) is 13.8. The van der Waals surface area contributed by atoms with E-state index in [1.54, 1.807) is 5.19 Å². The highest BCUT2D eigenvalue weighted by molar-refractivity contribution is 7.26. The summed E-state index contributed by atoms with van der Waals surface area (Å²) in [6.45, 7) is 5.16. The molecule has 5 heterocycles. The highest BCUT2D eigenvalue weighted by Gasteiger charge is 2.50. The van der Waals surface area contributed by atoms with Crippen LogP contribution >= 0.6 is 11.3 Å². The number of thiophene rings is 1. The van der Waals surface area contributed by atoms with E-state index in [0.717, 1.165) is 0 Å². The number of aromatic nitrogens is 1. The van der Waals surface area contributed by atoms with E-state index in [1.807, 2.05) is 11.3 Å². The van der Waals surface area contributed by atoms with Crippen LogP contribution in [0.2, 0.25) is 13.1 Å². The molecule has 2 aromatic heterocycles. The van der Waals surface area contributed by atoms with Crippen molar-refractivity contribution in [2.24, 2.45) is 0 Å². The van der Waals surface area contributed by atoms with Gasteiger partial charge in [-0.15, -0.1) is 11.3 Å². The summed E-state index contributed by atoms with van der Waals surface area (Å²) < 4.78 is 5.40. The van der Waals surface area contributed by atoms with Crippen LogP contribution < -0.4 is 26.1 Å². The summed E-state index contributed by atoms with van der Waals surface area (Å²) in [7, 11) is -1.98. The molecule has 0 aliphatic carbocycles. The molecule has 3 aliphatic heterocycles. The van der Waals surface area contributed by atoms with E-state index in [9.17, 15) is 0 Å². The summed E-state index contributed by atoms with van der Waals surface area (Å²) in [5.74, 6) is 0. The third-order valence-electron chi connectivity index (χ3n) is 11.5. The number of rotatable bonds is 0. The van der Waals surface area contributed by atoms with Gasteiger partial charge in [0.25, 0.3) is 0 Å². The lowest BCUT2D eigenvalue weighted by molar-refractivity contribution is 1.19. The number of hydrogen-bond acceptors (Lipinski definition) is 2. The molecule has 12 rings (SSSR count). The largest absolute Gasteiger partial charge is 0.377 e. The third-order valence-corrected chi connectivity index (χ3v) is 16.2. The number of anilines is 2. The van der Waals surface area contributed by atoms with Crippen molar-refractivity contribution in [1.29, 1.82) is 0 Å². The molecule has 47 heavy (non-hydrogen) atoms. The monoisotopic (exact) mass is 630 g/mol. The zero-order valence-electron chi connectivity index (χ0n) is 26.0. The van der Waals surface area contributed by atoms with E-state index in [4.69, 9.17) is 0 Å². The van der Waals surface area contributed by atoms with Crippen molar-refractivity contribution in [3.05, 3.63) is 127 Å². The maximum absolute atomic E-state index is 2.75. The lowest BCUT2D eigenvalue weighted by Gasteiger charge is -2.49. The van der Waals surface area contributed by atoms with Crippen LogP contribution in [0.15, 0.2) is 127 Å². The third kappa shape index (κ3) is 2.83. The van der Waals surface area contributed by atoms with Crippen molar-refractivity contribution in [2.75, 3.05) is 4.81 Å². The molecule has 5 heteroatoms. The van der Waals surface area contributed by atoms with Crippen LogP contribution in [-0.4, -0.2) is 19.5 Å². The fourth-order valence-electron chi connectivity index (χ4n) is 9.52. The van der Waals surface area contributed by atoms with Gasteiger partial charge in [0.15, 0.2) is 0 Å². The summed E-state index contributed by atoms with van der Waals surface area (Å²) in [5.41, 5.74) is 12.4. The van der Waals surface area contributed by atoms with E-state index >= 15 is 0 Å². The predicted octanol–water partition coefficient (Wildman–Crippen LogP) is 8.68. The van der Waals surface area contributed by atoms with Gasteiger partial charge in [-0.1, -0.05) is 110 Å². The van der Waals surface area contributed by atoms with Crippen LogP contribution in [0.5, 0.6) is 0 Å². The van der Waals surface area contributed by atoms with Crippen LogP contribution in [0, 0.1) is 0 Å². The topological polar surface area (TPSA) is 8.17 Å². The molecule has 0 atom stereocenters. The number of para-hydroxylation sites is 3. The minimum absolute atomic E-state index is 0.0736. The van der Waals surface area contributed by atoms with Crippen molar-refractivity contribution in [3.63, 3.8) is 0 Å². The number of nitrogens with zero attached hydrogens (tertiary/aromatic N) is 2. The van der Waals surface area contributed by atoms with Crippen molar-refractivity contribution < 1.29 is 0 Å². The summed E-state index contributed by atoms with van der Waals surface area (Å²) in [6.07, 6.45) is 0. The Bertz CT molecular complexity index is 2910. The average Bonchev–Trinajstić information content (AvgIpc) is 3.64. The van der Waals surface area contributed by atoms with E-state index < -0.39 is 8.07 Å². The van der Waals surface area contributed by atoms with Crippen LogP contribution in [0.1, 0.15) is 0 Å². The number of benzene rings is 7. The van der Waals surface area contributed by atoms with Gasteiger partial charge in [0.1, 0.15) is 8.07 Å². The second-order valence-corrected chi connectivity index (χ2v) is 19.5. The molecule has 0 radical (unpaired) electrons. The van der Waals surface area contributed by atoms with Crippen LogP contribution in [0.4, 0.5) is 11.4 Å². The first-order chi connectivity index (χ1) is 23.1. The predicted molar refractivity (Wildman–Crippen MR) is 207 cm³/mol. The van der Waals surface area contributed by atoms with Gasteiger partial charge in [-0.05, 0) is 62.4 Å². The Morgan fingerprint density at radius 3 is 2.28 bits per heavy atom. The summed E-state index contributed by atoms with van der Waals surface area (Å²) >= 11 is 1.97. The quantitative estimate of drug-likeness (QED) is 0.152. The Hall–Kier alpha value is -5.10. The molecular weight excluding hydrogens is 603 g/mol. The first kappa shape index (κ1) is 25.0. The Labute approximate surface area is 277 Å². The van der Waals surface area contributed by atoms with E-state index in [0.29, 0.717) is 0 Å². The van der Waals surface area contributed by atoms with Gasteiger partial charge in [-0.3, -0.25) is 0 Å². The molecule has 218 valence electrons. The van der Waals surface area contributed by atoms with Crippen molar-refractivity contribution >= 4 is 112 Å². The molecule has 0 amide bonds. The molecular formula is C42H27BN2SSi. The molecule has 3 aliphatic rings. The molecule has 0 unspecified atom stereocenters. The molecule has 0 N–H and O–H groups in total. The van der Waals surface area contributed by atoms with Crippen molar-refractivity contribution in [1.82, 2.24) is 4.57 Å². The van der Waals surface area contributed by atoms with Gasteiger partial charge < -0.3 is 9.38 Å². The van der Waals surface area contributed by atoms with Gasteiger partial charge >= 0.3 is 6.85 Å². The van der Waals surface area contributed by atoms with E-state index in [2.05, 4.69) is 150 Å². The summed E-state index contributed by atoms with van der Waals surface area (Å²) in [5, 5.41) is 11.0. The Morgan fingerprint density at radius 2 is 1.36 bits per heavy atom. The molecule has 0 saturated carbocycles. The molecule has 2 nitrogen and oxygen atoms in total. The first-order valence-corrected chi connectivity index (χ1v) is 20.4. The standard InChI is InChI=1S/C42H27BN2SSi/c1-47(2)36-19-8-6-17-32(36)45-41-28(15-10-20-37(41)47)38-39-34(23-30-26-13-5-7-18-35(26)46-42(30)38)44-33-22-25-12-4-3-11-24(25)21-29(33)27-14-9-16-31(40(27)44)43(39)45/h3-23H,1-2H3. The molecule has 7 aromatic carbocycles. The SMILES string of the molecule is C[Si]1(C)c2ccccc2N2B3c4c(cc5c(sc6ccccc65)c4-c4cccc1c42)-n1c2cc4ccccc4cc2c2cccc3c21. The smallest absolute Gasteiger partial charge is 0.333 e. The number of fused-ring (bicyclic) bond motifs is 14. The van der Waals surface area contributed by atoms with Crippen molar-refractivity contribution in [2.45, 2.75) is 13.1 Å². The Balaban J connectivity index is 1.36. The van der Waals surface area contributed by atoms with Gasteiger partial charge in [-0.2, -0.15) is 0 Å². The van der Waals surface area contributed by atoms with E-state index in [1.165, 1.54) is 97.1 Å². The maximum Gasteiger partial charge on any atom is 0.333 e. The van der Waals surface area contributed by atoms with Crippen LogP contribution in [-0.2, 0) is 0 Å². The van der Waals surface area contributed by atoms with Crippen molar-refractivity contribution in [3.8, 4) is 16.8 Å². The fraction of sp³-hybridized carbons (Fsp3) is 0.0476. The molecule has 0 fully saturated rings. The van der Waals surface area contributed by atoms with Crippen LogP contribution in [0.3, 0.4) is 0 Å². The second-order valence-electron chi connectivity index (χ2n) is 14.1. The summed E-state index contributed by atoms with van der Waals surface area (Å²) in [4.78, 5) is 2.75. The van der Waals surface area contributed by atoms with Crippen LogP contribution in [0.25, 0.3) is 69.6 Å². The average molecular weight is 631 g/mol. The maximum atomic E-state index is 2.75. The lowest BCUT2D eigenvalue weighted by Crippen LogP contribution is -2.68.